The number of carbonyl (C=O) groups excluding carboxylic acids is 1. The van der Waals surface area contributed by atoms with Gasteiger partial charge in [0.15, 0.2) is 0 Å². The first-order chi connectivity index (χ1) is 19.6. The van der Waals surface area contributed by atoms with E-state index in [1.54, 1.807) is 9.80 Å². The molecule has 0 unspecified atom stereocenters. The lowest BCUT2D eigenvalue weighted by atomic mass is 9.94. The van der Waals surface area contributed by atoms with Gasteiger partial charge in [0.05, 0.1) is 5.56 Å². The number of amides is 1. The van der Waals surface area contributed by atoms with Crippen LogP contribution in [0.15, 0.2) is 35.1 Å². The Labute approximate surface area is 233 Å². The summed E-state index contributed by atoms with van der Waals surface area (Å²) in [4.78, 5) is 31.7. The van der Waals surface area contributed by atoms with E-state index in [1.165, 1.54) is 18.5 Å². The van der Waals surface area contributed by atoms with Crippen molar-refractivity contribution in [1.29, 1.82) is 0 Å². The Balaban J connectivity index is 1.10. The second-order valence-corrected chi connectivity index (χ2v) is 11.1. The lowest BCUT2D eigenvalue weighted by Crippen LogP contribution is -2.48. The van der Waals surface area contributed by atoms with E-state index in [0.717, 1.165) is 25.0 Å². The van der Waals surface area contributed by atoms with Gasteiger partial charge in [-0.05, 0) is 49.4 Å². The zero-order chi connectivity index (χ0) is 28.9. The summed E-state index contributed by atoms with van der Waals surface area (Å²) < 4.78 is 60.2. The Morgan fingerprint density at radius 3 is 2.37 bits per heavy atom. The molecular weight excluding hydrogens is 544 g/mol. The molecule has 2 atom stereocenters. The molecule has 1 saturated carbocycles. The first-order valence-corrected chi connectivity index (χ1v) is 13.7. The summed E-state index contributed by atoms with van der Waals surface area (Å²) in [6, 6.07) is 3.04. The summed E-state index contributed by atoms with van der Waals surface area (Å²) in [5.41, 5.74) is 6.84. The lowest BCUT2D eigenvalue weighted by molar-refractivity contribution is 0.00558. The van der Waals surface area contributed by atoms with E-state index in [2.05, 4.69) is 20.1 Å². The predicted molar refractivity (Wildman–Crippen MR) is 140 cm³/mol. The van der Waals surface area contributed by atoms with Crippen molar-refractivity contribution in [1.82, 2.24) is 25.0 Å². The molecule has 2 N–H and O–H groups in total. The minimum Gasteiger partial charge on any atom is -0.339 e. The second-order valence-electron chi connectivity index (χ2n) is 11.1. The van der Waals surface area contributed by atoms with Gasteiger partial charge in [0.1, 0.15) is 11.6 Å². The Kier molecular flexibility index (Phi) is 7.04. The Morgan fingerprint density at radius 2 is 1.73 bits per heavy atom. The SMILES string of the molecule is CC(F)(F)c1noc(N2CCC(N(C(=O)c3cnc(N4C[C@H](c5cc(F)ccc5F)[C@@H](N)C4)nc3)C3CC3)CC2)n1. The molecule has 1 amide bonds. The molecule has 1 aromatic carbocycles. The quantitative estimate of drug-likeness (QED) is 0.424. The fourth-order valence-electron chi connectivity index (χ4n) is 5.70. The molecule has 1 aliphatic carbocycles. The van der Waals surface area contributed by atoms with E-state index in [4.69, 9.17) is 10.3 Å². The molecule has 10 nitrogen and oxygen atoms in total. The largest absolute Gasteiger partial charge is 0.339 e. The highest BCUT2D eigenvalue weighted by Crippen LogP contribution is 2.35. The summed E-state index contributed by atoms with van der Waals surface area (Å²) >= 11 is 0. The first kappa shape index (κ1) is 27.4. The van der Waals surface area contributed by atoms with Gasteiger partial charge >= 0.3 is 11.9 Å². The topological polar surface area (TPSA) is 118 Å². The van der Waals surface area contributed by atoms with E-state index < -0.39 is 35.3 Å². The molecule has 3 fully saturated rings. The van der Waals surface area contributed by atoms with Crippen LogP contribution in [0.5, 0.6) is 0 Å². The summed E-state index contributed by atoms with van der Waals surface area (Å²) in [5, 5.41) is 3.39. The van der Waals surface area contributed by atoms with Gasteiger partial charge in [-0.25, -0.2) is 18.7 Å². The lowest BCUT2D eigenvalue weighted by Gasteiger charge is -2.38. The number of rotatable bonds is 7. The Hall–Kier alpha value is -3.81. The zero-order valence-corrected chi connectivity index (χ0v) is 22.4. The molecule has 2 saturated heterocycles. The van der Waals surface area contributed by atoms with E-state index in [0.29, 0.717) is 57.5 Å². The van der Waals surface area contributed by atoms with Gasteiger partial charge in [-0.3, -0.25) is 4.79 Å². The molecule has 14 heteroatoms. The van der Waals surface area contributed by atoms with Crippen molar-refractivity contribution in [2.75, 3.05) is 36.0 Å². The number of hydrogen-bond donors (Lipinski definition) is 1. The number of alkyl halides is 2. The number of carbonyl (C=O) groups is 1. The minimum absolute atomic E-state index is 0.0422. The van der Waals surface area contributed by atoms with Crippen LogP contribution in [0.4, 0.5) is 29.5 Å². The maximum Gasteiger partial charge on any atom is 0.324 e. The number of nitrogens with zero attached hydrogens (tertiary/aromatic N) is 7. The summed E-state index contributed by atoms with van der Waals surface area (Å²) in [5.74, 6) is -5.10. The molecule has 0 radical (unpaired) electrons. The summed E-state index contributed by atoms with van der Waals surface area (Å²) in [6.07, 6.45) is 6.03. The van der Waals surface area contributed by atoms with Crippen molar-refractivity contribution < 1.29 is 26.9 Å². The fourth-order valence-corrected chi connectivity index (χ4v) is 5.70. The van der Waals surface area contributed by atoms with Crippen LogP contribution in [0.25, 0.3) is 0 Å². The number of benzene rings is 1. The standard InChI is InChI=1S/C27H30F4N8O2/c1-27(30,31)24-35-26(41-36-24)37-8-6-18(7-9-37)39(17-3-4-17)23(40)15-11-33-25(34-12-15)38-13-20(22(32)14-38)19-10-16(28)2-5-21(19)29/h2,5,10-12,17-18,20,22H,3-4,6-9,13-14,32H2,1H3/t20-,22+/m1/s1. The average molecular weight is 575 g/mol. The minimum atomic E-state index is -3.19. The Morgan fingerprint density at radius 1 is 1.05 bits per heavy atom. The van der Waals surface area contributed by atoms with Crippen LogP contribution in [0.3, 0.4) is 0 Å². The monoisotopic (exact) mass is 574 g/mol. The van der Waals surface area contributed by atoms with E-state index in [1.807, 2.05) is 4.90 Å². The molecule has 218 valence electrons. The van der Waals surface area contributed by atoms with Crippen LogP contribution >= 0.6 is 0 Å². The number of nitrogens with two attached hydrogens (primary N) is 1. The number of halogens is 4. The maximum atomic E-state index is 14.4. The molecule has 4 heterocycles. The van der Waals surface area contributed by atoms with Gasteiger partial charge in [-0.1, -0.05) is 5.16 Å². The van der Waals surface area contributed by atoms with Gasteiger partial charge in [0, 0.05) is 69.5 Å². The molecular formula is C27H30F4N8O2. The zero-order valence-electron chi connectivity index (χ0n) is 22.4. The normalized spacial score (nSPS) is 21.9. The van der Waals surface area contributed by atoms with Gasteiger partial charge in [-0.15, -0.1) is 0 Å². The van der Waals surface area contributed by atoms with Crippen LogP contribution in [-0.4, -0.2) is 75.2 Å². The molecule has 2 aliphatic heterocycles. The van der Waals surface area contributed by atoms with E-state index >= 15 is 0 Å². The summed E-state index contributed by atoms with van der Waals surface area (Å²) in [6.45, 7) is 2.36. The molecule has 2 aromatic heterocycles. The van der Waals surface area contributed by atoms with Crippen molar-refractivity contribution in [3.05, 3.63) is 59.2 Å². The number of anilines is 2. The average Bonchev–Trinajstić information content (AvgIpc) is 3.49. The number of piperidine rings is 1. The molecule has 0 bridgehead atoms. The van der Waals surface area contributed by atoms with Crippen LogP contribution in [-0.2, 0) is 5.92 Å². The highest BCUT2D eigenvalue weighted by molar-refractivity contribution is 5.94. The smallest absolute Gasteiger partial charge is 0.324 e. The molecule has 41 heavy (non-hydrogen) atoms. The summed E-state index contributed by atoms with van der Waals surface area (Å²) in [7, 11) is 0. The molecule has 6 rings (SSSR count). The van der Waals surface area contributed by atoms with Crippen LogP contribution in [0.1, 0.15) is 60.3 Å². The van der Waals surface area contributed by atoms with Gasteiger partial charge in [0.2, 0.25) is 11.8 Å². The third-order valence-corrected chi connectivity index (χ3v) is 8.00. The van der Waals surface area contributed by atoms with Crippen molar-refractivity contribution in [2.45, 2.75) is 62.6 Å². The molecule has 0 spiro atoms. The number of aromatic nitrogens is 4. The third kappa shape index (κ3) is 5.56. The fraction of sp³-hybridized carbons (Fsp3) is 0.519. The van der Waals surface area contributed by atoms with Gasteiger partial charge < -0.3 is 25.0 Å². The van der Waals surface area contributed by atoms with Crippen molar-refractivity contribution in [3.63, 3.8) is 0 Å². The molecule has 3 aliphatic rings. The number of hydrogen-bond acceptors (Lipinski definition) is 9. The third-order valence-electron chi connectivity index (χ3n) is 8.00. The van der Waals surface area contributed by atoms with E-state index in [-0.39, 0.29) is 29.6 Å². The van der Waals surface area contributed by atoms with Crippen molar-refractivity contribution in [2.24, 2.45) is 5.73 Å². The van der Waals surface area contributed by atoms with E-state index in [9.17, 15) is 22.4 Å². The Bertz CT molecular complexity index is 1400. The first-order valence-electron chi connectivity index (χ1n) is 13.7. The second kappa shape index (κ2) is 10.5. The predicted octanol–water partition coefficient (Wildman–Crippen LogP) is 3.45. The van der Waals surface area contributed by atoms with Gasteiger partial charge in [0.25, 0.3) is 5.91 Å². The van der Waals surface area contributed by atoms with Crippen LogP contribution < -0.4 is 15.5 Å². The van der Waals surface area contributed by atoms with Crippen LogP contribution in [0.2, 0.25) is 0 Å². The van der Waals surface area contributed by atoms with Crippen LogP contribution in [0, 0.1) is 11.6 Å². The highest BCUT2D eigenvalue weighted by atomic mass is 19.3. The van der Waals surface area contributed by atoms with Gasteiger partial charge in [-0.2, -0.15) is 13.8 Å². The maximum absolute atomic E-state index is 14.4. The van der Waals surface area contributed by atoms with Crippen molar-refractivity contribution in [3.8, 4) is 0 Å². The van der Waals surface area contributed by atoms with Crippen molar-refractivity contribution >= 4 is 17.9 Å². The highest BCUT2D eigenvalue weighted by Gasteiger charge is 2.41. The molecule has 3 aromatic rings.